The van der Waals surface area contributed by atoms with Crippen LogP contribution in [0.3, 0.4) is 0 Å². The van der Waals surface area contributed by atoms with Crippen LogP contribution in [0.15, 0.2) is 87.5 Å². The SMILES string of the molecule is Oc1cc(Br)c(Br)c(Br)c1-c1ccc(Oc2ccc(-c3c(O)cc(Br)c(Br)c3Br)cc2)cc1. The van der Waals surface area contributed by atoms with Crippen LogP contribution in [0.5, 0.6) is 23.0 Å². The Hall–Kier alpha value is -0.840. The molecular formula is C24H12Br6O3. The van der Waals surface area contributed by atoms with Gasteiger partial charge in [0.05, 0.1) is 0 Å². The van der Waals surface area contributed by atoms with Gasteiger partial charge in [0.15, 0.2) is 0 Å². The van der Waals surface area contributed by atoms with Crippen molar-refractivity contribution in [2.24, 2.45) is 0 Å². The second-order valence-corrected chi connectivity index (χ2v) is 11.8. The standard InChI is InChI=1S/C24H12Br6O3/c25-15-9-17(31)19(23(29)21(15)27)11-1-5-13(6-2-11)33-14-7-3-12(4-8-14)20-18(32)10-16(26)22(28)24(20)30/h1-10,31-32H. The third-order valence-corrected chi connectivity index (χ3v) is 11.4. The quantitative estimate of drug-likeness (QED) is 0.202. The van der Waals surface area contributed by atoms with Crippen LogP contribution in [-0.4, -0.2) is 10.2 Å². The van der Waals surface area contributed by atoms with E-state index in [0.717, 1.165) is 38.0 Å². The molecule has 0 bridgehead atoms. The highest BCUT2D eigenvalue weighted by Gasteiger charge is 2.17. The average Bonchev–Trinajstić information content (AvgIpc) is 2.78. The summed E-state index contributed by atoms with van der Waals surface area (Å²) in [6.45, 7) is 0. The van der Waals surface area contributed by atoms with Gasteiger partial charge in [0.2, 0.25) is 0 Å². The number of aromatic hydroxyl groups is 2. The van der Waals surface area contributed by atoms with Crippen molar-refractivity contribution in [3.63, 3.8) is 0 Å². The lowest BCUT2D eigenvalue weighted by molar-refractivity contribution is 0.476. The van der Waals surface area contributed by atoms with Crippen molar-refractivity contribution in [3.8, 4) is 45.3 Å². The molecule has 0 saturated carbocycles. The van der Waals surface area contributed by atoms with E-state index in [1.807, 2.05) is 48.5 Å². The molecule has 0 radical (unpaired) electrons. The molecule has 0 heterocycles. The van der Waals surface area contributed by atoms with Gasteiger partial charge in [0.1, 0.15) is 23.0 Å². The van der Waals surface area contributed by atoms with Crippen molar-refractivity contribution < 1.29 is 14.9 Å². The van der Waals surface area contributed by atoms with E-state index in [4.69, 9.17) is 4.74 Å². The van der Waals surface area contributed by atoms with Crippen LogP contribution in [0.1, 0.15) is 0 Å². The molecule has 3 nitrogen and oxygen atoms in total. The van der Waals surface area contributed by atoms with Crippen molar-refractivity contribution in [2.45, 2.75) is 0 Å². The number of benzene rings is 4. The Kier molecular flexibility index (Phi) is 7.97. The summed E-state index contributed by atoms with van der Waals surface area (Å²) in [5.74, 6) is 1.65. The molecule has 0 saturated heterocycles. The number of phenolic OH excluding ortho intramolecular Hbond substituents is 2. The first-order valence-electron chi connectivity index (χ1n) is 9.29. The molecule has 0 fully saturated rings. The van der Waals surface area contributed by atoms with Crippen molar-refractivity contribution in [1.82, 2.24) is 0 Å². The number of halogens is 6. The third-order valence-electron chi connectivity index (χ3n) is 4.80. The highest BCUT2D eigenvalue weighted by molar-refractivity contribution is 9.15. The monoisotopic (exact) mass is 822 g/mol. The molecule has 2 N–H and O–H groups in total. The Balaban J connectivity index is 1.57. The van der Waals surface area contributed by atoms with E-state index >= 15 is 0 Å². The Morgan fingerprint density at radius 3 is 1.15 bits per heavy atom. The first-order valence-corrected chi connectivity index (χ1v) is 14.0. The first-order chi connectivity index (χ1) is 15.7. The average molecular weight is 828 g/mol. The summed E-state index contributed by atoms with van der Waals surface area (Å²) < 4.78 is 10.7. The topological polar surface area (TPSA) is 49.7 Å². The van der Waals surface area contributed by atoms with Gasteiger partial charge in [-0.15, -0.1) is 0 Å². The lowest BCUT2D eigenvalue weighted by Crippen LogP contribution is -1.88. The van der Waals surface area contributed by atoms with Gasteiger partial charge < -0.3 is 14.9 Å². The van der Waals surface area contributed by atoms with Gasteiger partial charge in [-0.1, -0.05) is 24.3 Å². The molecule has 33 heavy (non-hydrogen) atoms. The van der Waals surface area contributed by atoms with E-state index < -0.39 is 0 Å². The van der Waals surface area contributed by atoms with Crippen LogP contribution in [0, 0.1) is 0 Å². The molecule has 0 spiro atoms. The fourth-order valence-electron chi connectivity index (χ4n) is 3.23. The lowest BCUT2D eigenvalue weighted by atomic mass is 10.0. The molecule has 168 valence electrons. The highest BCUT2D eigenvalue weighted by Crippen LogP contribution is 2.46. The summed E-state index contributed by atoms with van der Waals surface area (Å²) in [7, 11) is 0. The number of phenols is 2. The van der Waals surface area contributed by atoms with Crippen LogP contribution in [0.2, 0.25) is 0 Å². The predicted octanol–water partition coefficient (Wildman–Crippen LogP) is 10.8. The summed E-state index contributed by atoms with van der Waals surface area (Å²) in [5.41, 5.74) is 3.06. The van der Waals surface area contributed by atoms with Gasteiger partial charge in [0, 0.05) is 38.0 Å². The summed E-state index contributed by atoms with van der Waals surface area (Å²) in [5, 5.41) is 20.8. The maximum absolute atomic E-state index is 10.4. The summed E-state index contributed by atoms with van der Waals surface area (Å²) >= 11 is 20.9. The zero-order chi connectivity index (χ0) is 23.9. The molecule has 0 amide bonds. The summed E-state index contributed by atoms with van der Waals surface area (Å²) in [4.78, 5) is 0. The number of hydrogen-bond acceptors (Lipinski definition) is 3. The van der Waals surface area contributed by atoms with Gasteiger partial charge >= 0.3 is 0 Å². The van der Waals surface area contributed by atoms with Crippen LogP contribution in [0.4, 0.5) is 0 Å². The molecule has 4 aromatic carbocycles. The van der Waals surface area contributed by atoms with Gasteiger partial charge in [-0.3, -0.25) is 0 Å². The second-order valence-electron chi connectivity index (χ2n) is 6.91. The minimum absolute atomic E-state index is 0.162. The molecule has 0 aliphatic carbocycles. The van der Waals surface area contributed by atoms with E-state index in [1.54, 1.807) is 12.1 Å². The molecule has 4 rings (SSSR count). The van der Waals surface area contributed by atoms with Gasteiger partial charge in [-0.2, -0.15) is 0 Å². The van der Waals surface area contributed by atoms with E-state index in [-0.39, 0.29) is 11.5 Å². The van der Waals surface area contributed by atoms with Crippen molar-refractivity contribution in [2.75, 3.05) is 0 Å². The molecule has 0 aromatic heterocycles. The molecular weight excluding hydrogens is 816 g/mol. The normalized spacial score (nSPS) is 11.0. The molecule has 4 aromatic rings. The van der Waals surface area contributed by atoms with E-state index in [9.17, 15) is 10.2 Å². The number of ether oxygens (including phenoxy) is 1. The molecule has 0 aliphatic heterocycles. The number of rotatable bonds is 4. The van der Waals surface area contributed by atoms with Crippen LogP contribution in [0.25, 0.3) is 22.3 Å². The van der Waals surface area contributed by atoms with Crippen LogP contribution >= 0.6 is 95.6 Å². The van der Waals surface area contributed by atoms with Crippen LogP contribution in [-0.2, 0) is 0 Å². The Bertz CT molecular complexity index is 1250. The smallest absolute Gasteiger partial charge is 0.127 e. The second kappa shape index (κ2) is 10.4. The Morgan fingerprint density at radius 1 is 0.485 bits per heavy atom. The van der Waals surface area contributed by atoms with Gasteiger partial charge in [0.25, 0.3) is 0 Å². The fourth-order valence-corrected chi connectivity index (χ4v) is 6.51. The van der Waals surface area contributed by atoms with E-state index in [0.29, 0.717) is 22.6 Å². The van der Waals surface area contributed by atoms with Crippen molar-refractivity contribution >= 4 is 95.6 Å². The molecule has 9 heteroatoms. The minimum Gasteiger partial charge on any atom is -0.507 e. The number of hydrogen-bond donors (Lipinski definition) is 2. The predicted molar refractivity (Wildman–Crippen MR) is 153 cm³/mol. The van der Waals surface area contributed by atoms with Crippen molar-refractivity contribution in [1.29, 1.82) is 0 Å². The molecule has 0 atom stereocenters. The van der Waals surface area contributed by atoms with Gasteiger partial charge in [-0.25, -0.2) is 0 Å². The van der Waals surface area contributed by atoms with Crippen molar-refractivity contribution in [3.05, 3.63) is 87.5 Å². The first kappa shape index (κ1) is 25.3. The lowest BCUT2D eigenvalue weighted by Gasteiger charge is -2.13. The maximum atomic E-state index is 10.4. The highest BCUT2D eigenvalue weighted by atomic mass is 79.9. The Morgan fingerprint density at radius 2 is 0.818 bits per heavy atom. The summed E-state index contributed by atoms with van der Waals surface area (Å²) in [6, 6.07) is 18.2. The van der Waals surface area contributed by atoms with Crippen LogP contribution < -0.4 is 4.74 Å². The Labute approximate surface area is 241 Å². The largest absolute Gasteiger partial charge is 0.507 e. The van der Waals surface area contributed by atoms with Gasteiger partial charge in [-0.05, 0) is 143 Å². The van der Waals surface area contributed by atoms with E-state index in [2.05, 4.69) is 95.6 Å². The van der Waals surface area contributed by atoms with E-state index in [1.165, 1.54) is 0 Å². The zero-order valence-electron chi connectivity index (χ0n) is 16.3. The summed E-state index contributed by atoms with van der Waals surface area (Å²) in [6.07, 6.45) is 0. The maximum Gasteiger partial charge on any atom is 0.127 e. The minimum atomic E-state index is 0.162. The molecule has 0 unspecified atom stereocenters. The third kappa shape index (κ3) is 5.23. The molecule has 0 aliphatic rings. The zero-order valence-corrected chi connectivity index (χ0v) is 25.9. The fraction of sp³-hybridized carbons (Fsp3) is 0.